The molecular formula is C23H18BrNO4. The van der Waals surface area contributed by atoms with Crippen molar-refractivity contribution in [3.63, 3.8) is 0 Å². The number of rotatable bonds is 4. The van der Waals surface area contributed by atoms with Gasteiger partial charge in [0.15, 0.2) is 0 Å². The Kier molecular flexibility index (Phi) is 4.39. The van der Waals surface area contributed by atoms with Crippen LogP contribution in [-0.4, -0.2) is 17.8 Å². The van der Waals surface area contributed by atoms with Crippen molar-refractivity contribution in [1.82, 2.24) is 0 Å². The van der Waals surface area contributed by atoms with E-state index in [1.165, 1.54) is 4.90 Å². The molecule has 29 heavy (non-hydrogen) atoms. The normalized spacial score (nSPS) is 26.9. The van der Waals surface area contributed by atoms with E-state index >= 15 is 0 Å². The van der Waals surface area contributed by atoms with Gasteiger partial charge in [-0.1, -0.05) is 40.2 Å². The number of nitrogens with zero attached hydrogens (tertiary/aromatic N) is 1. The van der Waals surface area contributed by atoms with Crippen LogP contribution in [0.3, 0.4) is 0 Å². The van der Waals surface area contributed by atoms with Gasteiger partial charge in [-0.25, -0.2) is 4.79 Å². The second-order valence-corrected chi connectivity index (χ2v) is 8.68. The third-order valence-corrected chi connectivity index (χ3v) is 6.64. The zero-order valence-electron chi connectivity index (χ0n) is 15.5. The highest BCUT2D eigenvalue weighted by molar-refractivity contribution is 9.10. The predicted molar refractivity (Wildman–Crippen MR) is 110 cm³/mol. The molecule has 2 bridgehead atoms. The zero-order chi connectivity index (χ0) is 20.1. The van der Waals surface area contributed by atoms with Crippen molar-refractivity contribution in [3.8, 4) is 0 Å². The third kappa shape index (κ3) is 3.02. The van der Waals surface area contributed by atoms with E-state index in [9.17, 15) is 14.4 Å². The van der Waals surface area contributed by atoms with E-state index in [1.54, 1.807) is 24.3 Å². The molecule has 0 aromatic heterocycles. The molecule has 1 saturated carbocycles. The maximum absolute atomic E-state index is 12.9. The third-order valence-electron chi connectivity index (χ3n) is 6.11. The molecule has 1 heterocycles. The lowest BCUT2D eigenvalue weighted by molar-refractivity contribution is -0.123. The van der Waals surface area contributed by atoms with Gasteiger partial charge in [-0.3, -0.25) is 14.5 Å². The van der Waals surface area contributed by atoms with Crippen LogP contribution in [0.25, 0.3) is 0 Å². The van der Waals surface area contributed by atoms with Crippen LogP contribution in [0.1, 0.15) is 22.3 Å². The molecule has 2 amide bonds. The Hall–Kier alpha value is -2.73. The molecule has 5 nitrogen and oxygen atoms in total. The quantitative estimate of drug-likeness (QED) is 0.398. The van der Waals surface area contributed by atoms with Crippen LogP contribution in [-0.2, 0) is 20.9 Å². The molecule has 1 aliphatic heterocycles. The van der Waals surface area contributed by atoms with Crippen molar-refractivity contribution in [3.05, 3.63) is 76.3 Å². The summed E-state index contributed by atoms with van der Waals surface area (Å²) in [6.07, 6.45) is 5.06. The van der Waals surface area contributed by atoms with E-state index in [1.807, 2.05) is 24.3 Å². The van der Waals surface area contributed by atoms with Gasteiger partial charge in [-0.2, -0.15) is 0 Å². The number of allylic oxidation sites excluding steroid dienone is 2. The molecule has 5 rings (SSSR count). The highest BCUT2D eigenvalue weighted by atomic mass is 79.9. The average Bonchev–Trinajstić information content (AvgIpc) is 3.41. The molecule has 0 radical (unpaired) electrons. The largest absolute Gasteiger partial charge is 0.457 e. The molecule has 2 aromatic carbocycles. The van der Waals surface area contributed by atoms with Gasteiger partial charge in [0.25, 0.3) is 0 Å². The summed E-state index contributed by atoms with van der Waals surface area (Å²) in [5.41, 5.74) is 1.78. The molecule has 0 spiro atoms. The smallest absolute Gasteiger partial charge is 0.338 e. The van der Waals surface area contributed by atoms with Crippen molar-refractivity contribution in [1.29, 1.82) is 0 Å². The van der Waals surface area contributed by atoms with Gasteiger partial charge < -0.3 is 4.74 Å². The second kappa shape index (κ2) is 6.95. The molecule has 0 unspecified atom stereocenters. The minimum atomic E-state index is -0.447. The number of halogens is 1. The lowest BCUT2D eigenvalue weighted by Crippen LogP contribution is -2.32. The lowest BCUT2D eigenvalue weighted by Gasteiger charge is -2.17. The van der Waals surface area contributed by atoms with E-state index in [2.05, 4.69) is 28.1 Å². The molecule has 4 atom stereocenters. The molecule has 1 saturated heterocycles. The fraction of sp³-hybridized carbons (Fsp3) is 0.261. The first-order valence-electron chi connectivity index (χ1n) is 9.61. The van der Waals surface area contributed by atoms with E-state index in [0.29, 0.717) is 11.3 Å². The van der Waals surface area contributed by atoms with Gasteiger partial charge in [-0.15, -0.1) is 0 Å². The first-order chi connectivity index (χ1) is 14.0. The average molecular weight is 452 g/mol. The summed E-state index contributed by atoms with van der Waals surface area (Å²) in [5, 5.41) is 0. The van der Waals surface area contributed by atoms with Crippen molar-refractivity contribution in [2.24, 2.45) is 23.7 Å². The van der Waals surface area contributed by atoms with Gasteiger partial charge in [0.05, 0.1) is 23.1 Å². The number of anilines is 1. The minimum absolute atomic E-state index is 0.123. The summed E-state index contributed by atoms with van der Waals surface area (Å²) in [5.74, 6) is -0.790. The van der Waals surface area contributed by atoms with Crippen LogP contribution >= 0.6 is 15.9 Å². The number of ether oxygens (including phenoxy) is 1. The van der Waals surface area contributed by atoms with Gasteiger partial charge in [0.1, 0.15) is 6.61 Å². The van der Waals surface area contributed by atoms with Crippen molar-refractivity contribution in [2.75, 3.05) is 4.90 Å². The Balaban J connectivity index is 1.28. The maximum Gasteiger partial charge on any atom is 0.338 e. The first-order valence-corrected chi connectivity index (χ1v) is 10.4. The number of hydrogen-bond donors (Lipinski definition) is 0. The first kappa shape index (κ1) is 18.3. The second-order valence-electron chi connectivity index (χ2n) is 7.76. The van der Waals surface area contributed by atoms with Crippen LogP contribution in [0.4, 0.5) is 5.69 Å². The highest BCUT2D eigenvalue weighted by Crippen LogP contribution is 2.53. The summed E-state index contributed by atoms with van der Waals surface area (Å²) in [7, 11) is 0. The predicted octanol–water partition coefficient (Wildman–Crippen LogP) is 4.12. The molecule has 2 aliphatic carbocycles. The van der Waals surface area contributed by atoms with Crippen molar-refractivity contribution >= 4 is 39.4 Å². The Morgan fingerprint density at radius 1 is 0.931 bits per heavy atom. The number of imide groups is 1. The Bertz CT molecular complexity index is 998. The van der Waals surface area contributed by atoms with Gasteiger partial charge in [-0.05, 0) is 60.2 Å². The van der Waals surface area contributed by atoms with E-state index in [4.69, 9.17) is 4.74 Å². The summed E-state index contributed by atoms with van der Waals surface area (Å²) >= 11 is 3.37. The highest BCUT2D eigenvalue weighted by Gasteiger charge is 2.59. The fourth-order valence-corrected chi connectivity index (χ4v) is 4.98. The SMILES string of the molecule is O=C(OCc1ccc(Br)cc1)c1ccc(N2C(=O)[C@@H]3[C@H](C2=O)[C@@H]2C=C[C@H]3C2)cc1. The van der Waals surface area contributed by atoms with Crippen LogP contribution in [0, 0.1) is 23.7 Å². The summed E-state index contributed by atoms with van der Waals surface area (Å²) < 4.78 is 6.31. The molecule has 2 fully saturated rings. The van der Waals surface area contributed by atoms with E-state index in [0.717, 1.165) is 16.5 Å². The van der Waals surface area contributed by atoms with Crippen LogP contribution in [0.2, 0.25) is 0 Å². The summed E-state index contributed by atoms with van der Waals surface area (Å²) in [4.78, 5) is 39.3. The number of carbonyl (C=O) groups excluding carboxylic acids is 3. The van der Waals surface area contributed by atoms with Crippen molar-refractivity contribution in [2.45, 2.75) is 13.0 Å². The van der Waals surface area contributed by atoms with Crippen molar-refractivity contribution < 1.29 is 19.1 Å². The number of benzene rings is 2. The molecule has 0 N–H and O–H groups in total. The molecular weight excluding hydrogens is 434 g/mol. The lowest BCUT2D eigenvalue weighted by atomic mass is 9.85. The number of fused-ring (bicyclic) bond motifs is 5. The monoisotopic (exact) mass is 451 g/mol. The molecule has 3 aliphatic rings. The molecule has 146 valence electrons. The van der Waals surface area contributed by atoms with E-state index < -0.39 is 5.97 Å². The molecule has 6 heteroatoms. The Labute approximate surface area is 176 Å². The van der Waals surface area contributed by atoms with Gasteiger partial charge in [0.2, 0.25) is 11.8 Å². The van der Waals surface area contributed by atoms with Crippen LogP contribution in [0.5, 0.6) is 0 Å². The zero-order valence-corrected chi connectivity index (χ0v) is 17.0. The topological polar surface area (TPSA) is 63.7 Å². The van der Waals surface area contributed by atoms with Gasteiger partial charge >= 0.3 is 5.97 Å². The standard InChI is InChI=1S/C23H18BrNO4/c24-17-7-1-13(2-8-17)12-29-23(28)14-5-9-18(10-6-14)25-21(26)19-15-3-4-16(11-15)20(19)22(25)27/h1-10,15-16,19-20H,11-12H2/t15-,16+,19-,20+. The van der Waals surface area contributed by atoms with Crippen LogP contribution < -0.4 is 4.90 Å². The van der Waals surface area contributed by atoms with Gasteiger partial charge in [0, 0.05) is 4.47 Å². The number of hydrogen-bond acceptors (Lipinski definition) is 4. The Morgan fingerprint density at radius 3 is 2.10 bits per heavy atom. The number of esters is 1. The Morgan fingerprint density at radius 2 is 1.52 bits per heavy atom. The summed E-state index contributed by atoms with van der Waals surface area (Å²) in [6, 6.07) is 14.0. The molecule has 2 aromatic rings. The fourth-order valence-electron chi connectivity index (χ4n) is 4.72. The number of carbonyl (C=O) groups is 3. The van der Waals surface area contributed by atoms with E-state index in [-0.39, 0.29) is 42.1 Å². The minimum Gasteiger partial charge on any atom is -0.457 e. The maximum atomic E-state index is 12.9. The summed E-state index contributed by atoms with van der Waals surface area (Å²) in [6.45, 7) is 0.177. The van der Waals surface area contributed by atoms with Crippen LogP contribution in [0.15, 0.2) is 65.2 Å². The number of amides is 2.